The SMILES string of the molecule is Nc1nc2c(c(=O)[nH]1)NCN2[C@H]1CC[C@@H](CO[P+](=O)S)O1. The van der Waals surface area contributed by atoms with Crippen molar-refractivity contribution in [2.75, 3.05) is 29.2 Å². The maximum atomic E-state index is 11.8. The summed E-state index contributed by atoms with van der Waals surface area (Å²) in [5.41, 5.74) is 5.67. The van der Waals surface area contributed by atoms with Crippen LogP contribution < -0.4 is 21.5 Å². The molecule has 1 unspecified atom stereocenters. The third-order valence-corrected chi connectivity index (χ3v) is 4.14. The highest BCUT2D eigenvalue weighted by atomic mass is 32.7. The molecule has 114 valence electrons. The molecule has 1 aromatic heterocycles. The highest BCUT2D eigenvalue weighted by Gasteiger charge is 2.36. The van der Waals surface area contributed by atoms with E-state index in [1.807, 2.05) is 4.90 Å². The molecule has 0 bridgehead atoms. The molecule has 1 aromatic rings. The van der Waals surface area contributed by atoms with E-state index < -0.39 is 7.23 Å². The first-order valence-corrected chi connectivity index (χ1v) is 8.72. The Kier molecular flexibility index (Phi) is 4.03. The number of hydrogen-bond donors (Lipinski definition) is 4. The third kappa shape index (κ3) is 2.98. The molecule has 0 spiro atoms. The molecule has 2 aliphatic heterocycles. The van der Waals surface area contributed by atoms with E-state index in [2.05, 4.69) is 27.5 Å². The maximum absolute atomic E-state index is 11.8. The van der Waals surface area contributed by atoms with E-state index in [1.54, 1.807) is 0 Å². The van der Waals surface area contributed by atoms with Gasteiger partial charge in [0.15, 0.2) is 5.82 Å². The minimum absolute atomic E-state index is 0.0670. The van der Waals surface area contributed by atoms with Crippen LogP contribution in [0.25, 0.3) is 0 Å². The summed E-state index contributed by atoms with van der Waals surface area (Å²) in [6, 6.07) is 0. The fourth-order valence-corrected chi connectivity index (χ4v) is 3.00. The predicted molar refractivity (Wildman–Crippen MR) is 80.7 cm³/mol. The van der Waals surface area contributed by atoms with Crippen LogP contribution >= 0.6 is 19.5 Å². The Morgan fingerprint density at radius 3 is 3.14 bits per heavy atom. The number of H-pyrrole nitrogens is 1. The van der Waals surface area contributed by atoms with E-state index in [-0.39, 0.29) is 30.4 Å². The van der Waals surface area contributed by atoms with Gasteiger partial charge in [0, 0.05) is 0 Å². The van der Waals surface area contributed by atoms with E-state index in [0.29, 0.717) is 18.2 Å². The van der Waals surface area contributed by atoms with Gasteiger partial charge in [-0.15, -0.1) is 4.52 Å². The van der Waals surface area contributed by atoms with Crippen LogP contribution in [0.2, 0.25) is 0 Å². The number of ether oxygens (including phenoxy) is 1. The highest BCUT2D eigenvalue weighted by molar-refractivity contribution is 8.39. The van der Waals surface area contributed by atoms with Gasteiger partial charge in [-0.3, -0.25) is 9.78 Å². The second kappa shape index (κ2) is 5.80. The second-order valence-corrected chi connectivity index (χ2v) is 6.49. The van der Waals surface area contributed by atoms with Crippen LogP contribution in [0.1, 0.15) is 12.8 Å². The van der Waals surface area contributed by atoms with E-state index in [0.717, 1.165) is 12.8 Å². The van der Waals surface area contributed by atoms with E-state index >= 15 is 0 Å². The fourth-order valence-electron chi connectivity index (χ4n) is 2.51. The summed E-state index contributed by atoms with van der Waals surface area (Å²) < 4.78 is 21.6. The number of nitrogens with two attached hydrogens (primary N) is 1. The molecule has 4 N–H and O–H groups in total. The van der Waals surface area contributed by atoms with Gasteiger partial charge in [-0.1, -0.05) is 0 Å². The average Bonchev–Trinajstić information content (AvgIpc) is 3.02. The zero-order chi connectivity index (χ0) is 15.0. The van der Waals surface area contributed by atoms with Crippen LogP contribution in [-0.4, -0.2) is 35.6 Å². The molecule has 0 amide bonds. The zero-order valence-corrected chi connectivity index (χ0v) is 12.8. The third-order valence-electron chi connectivity index (χ3n) is 3.42. The lowest BCUT2D eigenvalue weighted by atomic mass is 10.2. The lowest BCUT2D eigenvalue weighted by Gasteiger charge is -2.24. The summed E-state index contributed by atoms with van der Waals surface area (Å²) in [4.78, 5) is 20.2. The lowest BCUT2D eigenvalue weighted by Crippen LogP contribution is -2.36. The monoisotopic (exact) mass is 332 g/mol. The van der Waals surface area contributed by atoms with Crippen LogP contribution in [-0.2, 0) is 13.8 Å². The molecule has 1 fully saturated rings. The first-order valence-electron chi connectivity index (χ1n) is 6.39. The minimum atomic E-state index is -1.93. The summed E-state index contributed by atoms with van der Waals surface area (Å²) in [7, 11) is -1.93. The van der Waals surface area contributed by atoms with E-state index in [9.17, 15) is 9.36 Å². The number of hydrogen-bond acceptors (Lipinski definition) is 8. The molecule has 0 aliphatic carbocycles. The number of aromatic amines is 1. The van der Waals surface area contributed by atoms with Crippen molar-refractivity contribution in [2.24, 2.45) is 0 Å². The van der Waals surface area contributed by atoms with Gasteiger partial charge in [-0.25, -0.2) is 0 Å². The van der Waals surface area contributed by atoms with Gasteiger partial charge in [0.25, 0.3) is 5.56 Å². The second-order valence-electron chi connectivity index (χ2n) is 4.78. The standard InChI is InChI=1S/C10H14N5O4PS/c11-10-13-8-7(9(16)14-10)12-4-15(8)6-2-1-5(19-6)3-18-20(17)21/h5-6,12H,1-4H2,(H3-,11,13,14,16,17,21)/p+1/t5-,6+/m0/s1. The quantitative estimate of drug-likeness (QED) is 0.468. The molecule has 0 radical (unpaired) electrons. The van der Waals surface area contributed by atoms with Crippen molar-refractivity contribution >= 4 is 36.9 Å². The van der Waals surface area contributed by atoms with Crippen LogP contribution in [0.3, 0.4) is 0 Å². The lowest BCUT2D eigenvalue weighted by molar-refractivity contribution is 0.0200. The van der Waals surface area contributed by atoms with Crippen molar-refractivity contribution in [3.63, 3.8) is 0 Å². The van der Waals surface area contributed by atoms with Crippen LogP contribution in [0, 0.1) is 0 Å². The number of nitrogen functional groups attached to an aromatic ring is 1. The van der Waals surface area contributed by atoms with Gasteiger partial charge in [-0.05, 0) is 17.4 Å². The number of aromatic nitrogens is 2. The molecule has 3 heterocycles. The van der Waals surface area contributed by atoms with Gasteiger partial charge in [0.05, 0.1) is 12.8 Å². The summed E-state index contributed by atoms with van der Waals surface area (Å²) in [6.07, 6.45) is 1.15. The van der Waals surface area contributed by atoms with Gasteiger partial charge in [-0.2, -0.15) is 4.98 Å². The predicted octanol–water partition coefficient (Wildman–Crippen LogP) is 0.650. The molecule has 3 atom stereocenters. The number of rotatable bonds is 4. The van der Waals surface area contributed by atoms with Gasteiger partial charge in [0.2, 0.25) is 5.95 Å². The van der Waals surface area contributed by atoms with Crippen molar-refractivity contribution in [3.05, 3.63) is 10.4 Å². The number of nitrogens with one attached hydrogen (secondary N) is 2. The maximum Gasteiger partial charge on any atom is 0.582 e. The number of fused-ring (bicyclic) bond motifs is 1. The molecular formula is C10H15N5O4PS+. The Hall–Kier alpha value is -1.35. The van der Waals surface area contributed by atoms with Gasteiger partial charge >= 0.3 is 7.23 Å². The van der Waals surface area contributed by atoms with Crippen molar-refractivity contribution < 1.29 is 13.8 Å². The van der Waals surface area contributed by atoms with Crippen molar-refractivity contribution in [3.8, 4) is 0 Å². The first-order chi connectivity index (χ1) is 10.0. The average molecular weight is 332 g/mol. The first kappa shape index (κ1) is 14.6. The Morgan fingerprint density at radius 2 is 2.38 bits per heavy atom. The fraction of sp³-hybridized carbons (Fsp3) is 0.600. The molecule has 11 heteroatoms. The molecule has 0 aromatic carbocycles. The number of anilines is 3. The van der Waals surface area contributed by atoms with Gasteiger partial charge in [0.1, 0.15) is 30.8 Å². The van der Waals surface area contributed by atoms with Crippen LogP contribution in [0.5, 0.6) is 0 Å². The molecule has 21 heavy (non-hydrogen) atoms. The smallest absolute Gasteiger partial charge is 0.369 e. The Bertz CT molecular complexity index is 626. The highest BCUT2D eigenvalue weighted by Crippen LogP contribution is 2.34. The molecule has 9 nitrogen and oxygen atoms in total. The summed E-state index contributed by atoms with van der Waals surface area (Å²) in [5, 5.41) is 2.98. The van der Waals surface area contributed by atoms with E-state index in [1.165, 1.54) is 0 Å². The molecule has 2 aliphatic rings. The summed E-state index contributed by atoms with van der Waals surface area (Å²) >= 11 is 3.69. The minimum Gasteiger partial charge on any atom is -0.369 e. The molecule has 3 rings (SSSR count). The van der Waals surface area contributed by atoms with Crippen LogP contribution in [0.15, 0.2) is 4.79 Å². The van der Waals surface area contributed by atoms with Crippen molar-refractivity contribution in [1.29, 1.82) is 0 Å². The Morgan fingerprint density at radius 1 is 1.57 bits per heavy atom. The number of nitrogens with zero attached hydrogens (tertiary/aromatic N) is 2. The molecular weight excluding hydrogens is 317 g/mol. The largest absolute Gasteiger partial charge is 0.582 e. The Labute approximate surface area is 126 Å². The Balaban J connectivity index is 1.71. The zero-order valence-electron chi connectivity index (χ0n) is 11.0. The topological polar surface area (TPSA) is 123 Å². The van der Waals surface area contributed by atoms with Crippen LogP contribution in [0.4, 0.5) is 17.5 Å². The number of thiol groups is 1. The molecule has 1 saturated heterocycles. The van der Waals surface area contributed by atoms with E-state index in [4.69, 9.17) is 15.0 Å². The normalized spacial score (nSPS) is 24.8. The molecule has 0 saturated carbocycles. The summed E-state index contributed by atoms with van der Waals surface area (Å²) in [5.74, 6) is 0.556. The van der Waals surface area contributed by atoms with Gasteiger partial charge < -0.3 is 20.7 Å². The summed E-state index contributed by atoms with van der Waals surface area (Å²) in [6.45, 7) is 0.655. The van der Waals surface area contributed by atoms with Crippen molar-refractivity contribution in [2.45, 2.75) is 25.2 Å². The van der Waals surface area contributed by atoms with Crippen molar-refractivity contribution in [1.82, 2.24) is 9.97 Å².